The molecule has 0 amide bonds. The van der Waals surface area contributed by atoms with Crippen LogP contribution in [0.5, 0.6) is 5.75 Å². The first kappa shape index (κ1) is 12.2. The fourth-order valence-electron chi connectivity index (χ4n) is 1.24. The lowest BCUT2D eigenvalue weighted by Crippen LogP contribution is -2.00. The molecule has 0 unspecified atom stereocenters. The molecule has 0 aromatic heterocycles. The maximum atomic E-state index is 13.0. The number of hydrogen-bond acceptors (Lipinski definition) is 1. The molecule has 1 aromatic carbocycles. The van der Waals surface area contributed by atoms with E-state index in [4.69, 9.17) is 4.74 Å². The van der Waals surface area contributed by atoms with Crippen LogP contribution in [-0.4, -0.2) is 11.9 Å². The molecule has 0 saturated carbocycles. The van der Waals surface area contributed by atoms with Crippen molar-refractivity contribution in [3.8, 4) is 5.75 Å². The minimum absolute atomic E-state index is 0.236. The van der Waals surface area contributed by atoms with E-state index in [0.29, 0.717) is 13.0 Å². The molecular formula is C12H14BrFO. The van der Waals surface area contributed by atoms with E-state index in [1.54, 1.807) is 12.1 Å². The zero-order valence-electron chi connectivity index (χ0n) is 8.51. The van der Waals surface area contributed by atoms with Crippen molar-refractivity contribution >= 4 is 15.9 Å². The van der Waals surface area contributed by atoms with E-state index >= 15 is 0 Å². The number of allylic oxidation sites excluding steroid dienone is 1. The zero-order valence-corrected chi connectivity index (χ0v) is 10.1. The number of rotatable bonds is 6. The Morgan fingerprint density at radius 2 is 2.27 bits per heavy atom. The van der Waals surface area contributed by atoms with Crippen LogP contribution in [0.15, 0.2) is 30.9 Å². The summed E-state index contributed by atoms with van der Waals surface area (Å²) in [7, 11) is 0. The van der Waals surface area contributed by atoms with E-state index in [1.165, 1.54) is 12.1 Å². The number of alkyl halides is 1. The summed E-state index contributed by atoms with van der Waals surface area (Å²) in [6.07, 6.45) is 3.30. The van der Waals surface area contributed by atoms with Gasteiger partial charge in [-0.2, -0.15) is 0 Å². The molecule has 1 nitrogen and oxygen atoms in total. The molecule has 82 valence electrons. The van der Waals surface area contributed by atoms with Gasteiger partial charge >= 0.3 is 0 Å². The first-order valence-corrected chi connectivity index (χ1v) is 5.98. The molecule has 15 heavy (non-hydrogen) atoms. The SMILES string of the molecule is C=CCc1cc(F)ccc1OCCCBr. The van der Waals surface area contributed by atoms with Gasteiger partial charge in [0.05, 0.1) is 6.61 Å². The third kappa shape index (κ3) is 4.04. The number of benzene rings is 1. The zero-order chi connectivity index (χ0) is 11.1. The molecule has 0 N–H and O–H groups in total. The van der Waals surface area contributed by atoms with Crippen LogP contribution in [0, 0.1) is 5.82 Å². The van der Waals surface area contributed by atoms with Crippen molar-refractivity contribution in [2.75, 3.05) is 11.9 Å². The highest BCUT2D eigenvalue weighted by molar-refractivity contribution is 9.09. The van der Waals surface area contributed by atoms with Gasteiger partial charge in [-0.25, -0.2) is 4.39 Å². The Morgan fingerprint density at radius 3 is 2.93 bits per heavy atom. The number of hydrogen-bond donors (Lipinski definition) is 0. The van der Waals surface area contributed by atoms with Gasteiger partial charge in [-0.3, -0.25) is 0 Å². The normalized spacial score (nSPS) is 10.0. The molecule has 0 saturated heterocycles. The highest BCUT2D eigenvalue weighted by Crippen LogP contribution is 2.20. The van der Waals surface area contributed by atoms with Crippen molar-refractivity contribution in [2.45, 2.75) is 12.8 Å². The molecule has 0 spiro atoms. The fraction of sp³-hybridized carbons (Fsp3) is 0.333. The third-order valence-electron chi connectivity index (χ3n) is 1.92. The Bertz CT molecular complexity index is 325. The molecule has 0 aliphatic heterocycles. The van der Waals surface area contributed by atoms with Gasteiger partial charge < -0.3 is 4.74 Å². The van der Waals surface area contributed by atoms with Crippen LogP contribution < -0.4 is 4.74 Å². The quantitative estimate of drug-likeness (QED) is 0.436. The van der Waals surface area contributed by atoms with Crippen LogP contribution >= 0.6 is 15.9 Å². The van der Waals surface area contributed by atoms with Crippen LogP contribution in [0.25, 0.3) is 0 Å². The summed E-state index contributed by atoms with van der Waals surface area (Å²) in [6, 6.07) is 4.57. The fourth-order valence-corrected chi connectivity index (χ4v) is 1.47. The molecule has 0 aliphatic carbocycles. The topological polar surface area (TPSA) is 9.23 Å². The maximum absolute atomic E-state index is 13.0. The first-order valence-electron chi connectivity index (χ1n) is 4.86. The second-order valence-corrected chi connectivity index (χ2v) is 3.93. The molecular weight excluding hydrogens is 259 g/mol. The van der Waals surface area contributed by atoms with Gasteiger partial charge in [-0.15, -0.1) is 6.58 Å². The van der Waals surface area contributed by atoms with Gasteiger partial charge in [0.25, 0.3) is 0 Å². The van der Waals surface area contributed by atoms with Crippen molar-refractivity contribution < 1.29 is 9.13 Å². The minimum atomic E-state index is -0.236. The molecule has 0 bridgehead atoms. The standard InChI is InChI=1S/C12H14BrFO/c1-2-4-10-9-11(14)5-6-12(10)15-8-3-7-13/h2,5-6,9H,1,3-4,7-8H2. The Kier molecular flexibility index (Phi) is 5.40. The Labute approximate surface area is 98.1 Å². The maximum Gasteiger partial charge on any atom is 0.123 e. The summed E-state index contributed by atoms with van der Waals surface area (Å²) in [5.74, 6) is 0.511. The first-order chi connectivity index (χ1) is 7.27. The van der Waals surface area contributed by atoms with Crippen LogP contribution in [0.4, 0.5) is 4.39 Å². The van der Waals surface area contributed by atoms with Crippen molar-refractivity contribution in [1.82, 2.24) is 0 Å². The lowest BCUT2D eigenvalue weighted by Gasteiger charge is -2.09. The van der Waals surface area contributed by atoms with E-state index < -0.39 is 0 Å². The molecule has 0 heterocycles. The molecule has 1 rings (SSSR count). The second kappa shape index (κ2) is 6.62. The van der Waals surface area contributed by atoms with Crippen LogP contribution in [0.2, 0.25) is 0 Å². The second-order valence-electron chi connectivity index (χ2n) is 3.14. The van der Waals surface area contributed by atoms with Crippen molar-refractivity contribution in [3.05, 3.63) is 42.2 Å². The van der Waals surface area contributed by atoms with E-state index in [-0.39, 0.29) is 5.82 Å². The lowest BCUT2D eigenvalue weighted by atomic mass is 10.1. The molecule has 3 heteroatoms. The lowest BCUT2D eigenvalue weighted by molar-refractivity contribution is 0.316. The summed E-state index contributed by atoms with van der Waals surface area (Å²) >= 11 is 3.33. The summed E-state index contributed by atoms with van der Waals surface area (Å²) in [5, 5.41) is 0.908. The number of ether oxygens (including phenoxy) is 1. The molecule has 0 fully saturated rings. The Hall–Kier alpha value is -0.830. The summed E-state index contributed by atoms with van der Waals surface area (Å²) in [4.78, 5) is 0. The molecule has 0 aliphatic rings. The summed E-state index contributed by atoms with van der Waals surface area (Å²) < 4.78 is 18.5. The molecule has 0 atom stereocenters. The molecule has 1 aromatic rings. The van der Waals surface area contributed by atoms with Crippen molar-refractivity contribution in [1.29, 1.82) is 0 Å². The van der Waals surface area contributed by atoms with Gasteiger partial charge in [-0.1, -0.05) is 22.0 Å². The highest BCUT2D eigenvalue weighted by atomic mass is 79.9. The third-order valence-corrected chi connectivity index (χ3v) is 2.48. The predicted molar refractivity (Wildman–Crippen MR) is 64.2 cm³/mol. The summed E-state index contributed by atoms with van der Waals surface area (Å²) in [5.41, 5.74) is 0.847. The highest BCUT2D eigenvalue weighted by Gasteiger charge is 2.03. The van der Waals surface area contributed by atoms with Gasteiger partial charge in [-0.05, 0) is 31.0 Å². The van der Waals surface area contributed by atoms with Gasteiger partial charge in [0, 0.05) is 10.9 Å². The van der Waals surface area contributed by atoms with Gasteiger partial charge in [0.15, 0.2) is 0 Å². The predicted octanol–water partition coefficient (Wildman–Crippen LogP) is 3.72. The van der Waals surface area contributed by atoms with Crippen LogP contribution in [-0.2, 0) is 6.42 Å². The van der Waals surface area contributed by atoms with Crippen LogP contribution in [0.1, 0.15) is 12.0 Å². The number of halogens is 2. The van der Waals surface area contributed by atoms with Crippen LogP contribution in [0.3, 0.4) is 0 Å². The van der Waals surface area contributed by atoms with E-state index in [1.807, 2.05) is 0 Å². The Balaban J connectivity index is 2.71. The Morgan fingerprint density at radius 1 is 1.47 bits per heavy atom. The largest absolute Gasteiger partial charge is 0.493 e. The molecule has 0 radical (unpaired) electrons. The average molecular weight is 273 g/mol. The van der Waals surface area contributed by atoms with E-state index in [9.17, 15) is 4.39 Å². The smallest absolute Gasteiger partial charge is 0.123 e. The van der Waals surface area contributed by atoms with E-state index in [0.717, 1.165) is 23.1 Å². The van der Waals surface area contributed by atoms with Crippen molar-refractivity contribution in [3.63, 3.8) is 0 Å². The van der Waals surface area contributed by atoms with Crippen molar-refractivity contribution in [2.24, 2.45) is 0 Å². The van der Waals surface area contributed by atoms with Gasteiger partial charge in [0.2, 0.25) is 0 Å². The monoisotopic (exact) mass is 272 g/mol. The minimum Gasteiger partial charge on any atom is -0.493 e. The van der Waals surface area contributed by atoms with E-state index in [2.05, 4.69) is 22.5 Å². The average Bonchev–Trinajstić information content (AvgIpc) is 2.22. The van der Waals surface area contributed by atoms with Gasteiger partial charge in [0.1, 0.15) is 11.6 Å². The summed E-state index contributed by atoms with van der Waals surface area (Å²) in [6.45, 7) is 4.28.